The lowest BCUT2D eigenvalue weighted by atomic mass is 9.94. The molecule has 0 radical (unpaired) electrons. The normalized spacial score (nSPS) is 11.7. The molecule has 6 heteroatoms. The molecule has 0 unspecified atom stereocenters. The number of aliphatic carboxylic acids is 1. The Labute approximate surface area is 112 Å². The summed E-state index contributed by atoms with van der Waals surface area (Å²) < 4.78 is 1.67. The average Bonchev–Trinajstić information content (AvgIpc) is 2.68. The van der Waals surface area contributed by atoms with Gasteiger partial charge in [0.25, 0.3) is 5.91 Å². The molecule has 0 saturated heterocycles. The highest BCUT2D eigenvalue weighted by Gasteiger charge is 2.28. The Morgan fingerprint density at radius 3 is 2.47 bits per heavy atom. The summed E-state index contributed by atoms with van der Waals surface area (Å²) in [6, 6.07) is 1.73. The number of carboxylic acid groups (broad SMARTS) is 1. The number of hydrogen-bond donors (Lipinski definition) is 2. The van der Waals surface area contributed by atoms with Crippen LogP contribution in [0.4, 0.5) is 0 Å². The zero-order valence-electron chi connectivity index (χ0n) is 12.0. The summed E-state index contributed by atoms with van der Waals surface area (Å²) in [5, 5.41) is 15.7. The van der Waals surface area contributed by atoms with Crippen LogP contribution in [-0.2, 0) is 11.8 Å². The van der Waals surface area contributed by atoms with E-state index >= 15 is 0 Å². The summed E-state index contributed by atoms with van der Waals surface area (Å²) in [4.78, 5) is 22.9. The van der Waals surface area contributed by atoms with E-state index in [0.29, 0.717) is 5.69 Å². The molecule has 6 nitrogen and oxygen atoms in total. The van der Waals surface area contributed by atoms with Crippen molar-refractivity contribution in [1.82, 2.24) is 15.1 Å². The van der Waals surface area contributed by atoms with E-state index in [-0.39, 0.29) is 18.4 Å². The number of aromatic nitrogens is 2. The van der Waals surface area contributed by atoms with Crippen molar-refractivity contribution < 1.29 is 14.7 Å². The van der Waals surface area contributed by atoms with Crippen LogP contribution in [0.5, 0.6) is 0 Å². The van der Waals surface area contributed by atoms with Gasteiger partial charge in [-0.1, -0.05) is 13.8 Å². The number of aryl methyl sites for hydroxylation is 1. The van der Waals surface area contributed by atoms with Crippen molar-refractivity contribution in [2.45, 2.75) is 33.6 Å². The van der Waals surface area contributed by atoms with Crippen LogP contribution >= 0.6 is 0 Å². The van der Waals surface area contributed by atoms with E-state index in [1.807, 2.05) is 13.8 Å². The van der Waals surface area contributed by atoms with Crippen LogP contribution in [-0.4, -0.2) is 33.3 Å². The lowest BCUT2D eigenvalue weighted by molar-refractivity contribution is -0.146. The molecule has 1 heterocycles. The van der Waals surface area contributed by atoms with Gasteiger partial charge in [0.1, 0.15) is 5.69 Å². The minimum atomic E-state index is -0.995. The van der Waals surface area contributed by atoms with E-state index < -0.39 is 11.4 Å². The van der Waals surface area contributed by atoms with Crippen LogP contribution in [0, 0.1) is 5.41 Å². The number of rotatable bonds is 5. The first-order valence-corrected chi connectivity index (χ1v) is 6.20. The van der Waals surface area contributed by atoms with Crippen molar-refractivity contribution in [3.63, 3.8) is 0 Å². The highest BCUT2D eigenvalue weighted by Crippen LogP contribution is 2.16. The Morgan fingerprint density at radius 2 is 2.05 bits per heavy atom. The molecule has 1 aromatic rings. The fourth-order valence-electron chi connectivity index (χ4n) is 1.60. The molecule has 1 rings (SSSR count). The predicted octanol–water partition coefficient (Wildman–Crippen LogP) is 1.38. The fourth-order valence-corrected chi connectivity index (χ4v) is 1.60. The van der Waals surface area contributed by atoms with Crippen molar-refractivity contribution in [3.8, 4) is 0 Å². The second-order valence-electron chi connectivity index (χ2n) is 5.60. The number of carboxylic acids is 1. The Kier molecular flexibility index (Phi) is 4.34. The molecule has 0 fully saturated rings. The fraction of sp³-hybridized carbons (Fsp3) is 0.615. The Hall–Kier alpha value is -1.85. The van der Waals surface area contributed by atoms with Gasteiger partial charge in [0.05, 0.1) is 5.41 Å². The van der Waals surface area contributed by atoms with Gasteiger partial charge < -0.3 is 10.4 Å². The zero-order chi connectivity index (χ0) is 14.8. The zero-order valence-corrected chi connectivity index (χ0v) is 12.0. The van der Waals surface area contributed by atoms with Crippen molar-refractivity contribution in [2.24, 2.45) is 12.5 Å². The quantitative estimate of drug-likeness (QED) is 0.844. The van der Waals surface area contributed by atoms with Gasteiger partial charge >= 0.3 is 5.97 Å². The van der Waals surface area contributed by atoms with Crippen LogP contribution < -0.4 is 5.32 Å². The van der Waals surface area contributed by atoms with Gasteiger partial charge in [-0.05, 0) is 25.8 Å². The first-order chi connectivity index (χ1) is 8.65. The smallest absolute Gasteiger partial charge is 0.310 e. The van der Waals surface area contributed by atoms with E-state index in [4.69, 9.17) is 5.11 Å². The average molecular weight is 267 g/mol. The van der Waals surface area contributed by atoms with Gasteiger partial charge in [-0.15, -0.1) is 0 Å². The number of hydrogen-bond acceptors (Lipinski definition) is 3. The summed E-state index contributed by atoms with van der Waals surface area (Å²) in [5.41, 5.74) is 0.278. The molecule has 1 aromatic heterocycles. The molecule has 0 saturated carbocycles. The molecule has 2 N–H and O–H groups in total. The van der Waals surface area contributed by atoms with Crippen molar-refractivity contribution in [1.29, 1.82) is 0 Å². The first-order valence-electron chi connectivity index (χ1n) is 6.20. The third kappa shape index (κ3) is 3.56. The van der Waals surface area contributed by atoms with Crippen LogP contribution in [0.2, 0.25) is 0 Å². The molecule has 0 aromatic carbocycles. The van der Waals surface area contributed by atoms with Gasteiger partial charge in [0.15, 0.2) is 0 Å². The molecule has 0 bridgehead atoms. The minimum Gasteiger partial charge on any atom is -0.481 e. The third-order valence-electron chi connectivity index (χ3n) is 3.01. The van der Waals surface area contributed by atoms with E-state index in [1.165, 1.54) is 0 Å². The summed E-state index contributed by atoms with van der Waals surface area (Å²) >= 11 is 0. The molecular weight excluding hydrogens is 246 g/mol. The summed E-state index contributed by atoms with van der Waals surface area (Å²) in [6.07, 6.45) is 0. The first kappa shape index (κ1) is 15.2. The molecule has 0 aliphatic carbocycles. The van der Waals surface area contributed by atoms with E-state index in [1.54, 1.807) is 31.6 Å². The molecule has 0 atom stereocenters. The van der Waals surface area contributed by atoms with Gasteiger partial charge in [0.2, 0.25) is 0 Å². The molecule has 106 valence electrons. The third-order valence-corrected chi connectivity index (χ3v) is 3.01. The molecule has 0 spiro atoms. The SMILES string of the molecule is CC(C)c1cc(C(=O)NCC(C)(C)C(=O)O)nn1C. The number of nitrogens with zero attached hydrogens (tertiary/aromatic N) is 2. The van der Waals surface area contributed by atoms with Crippen molar-refractivity contribution in [2.75, 3.05) is 6.54 Å². The molecule has 0 aliphatic heterocycles. The Balaban J connectivity index is 2.75. The van der Waals surface area contributed by atoms with Gasteiger partial charge in [-0.25, -0.2) is 0 Å². The second kappa shape index (κ2) is 5.42. The maximum absolute atomic E-state index is 11.9. The topological polar surface area (TPSA) is 84.2 Å². The lowest BCUT2D eigenvalue weighted by Crippen LogP contribution is -2.39. The van der Waals surface area contributed by atoms with Crippen LogP contribution in [0.3, 0.4) is 0 Å². The number of amides is 1. The highest BCUT2D eigenvalue weighted by atomic mass is 16.4. The Morgan fingerprint density at radius 1 is 1.47 bits per heavy atom. The summed E-state index contributed by atoms with van der Waals surface area (Å²) in [5.74, 6) is -1.02. The van der Waals surface area contributed by atoms with Crippen molar-refractivity contribution in [3.05, 3.63) is 17.5 Å². The van der Waals surface area contributed by atoms with Gasteiger partial charge in [-0.3, -0.25) is 14.3 Å². The Bertz CT molecular complexity index is 489. The molecule has 19 heavy (non-hydrogen) atoms. The highest BCUT2D eigenvalue weighted by molar-refractivity contribution is 5.92. The summed E-state index contributed by atoms with van der Waals surface area (Å²) in [7, 11) is 1.79. The van der Waals surface area contributed by atoms with Crippen molar-refractivity contribution >= 4 is 11.9 Å². The van der Waals surface area contributed by atoms with E-state index in [0.717, 1.165) is 5.69 Å². The number of nitrogens with one attached hydrogen (secondary N) is 1. The van der Waals surface area contributed by atoms with E-state index in [2.05, 4.69) is 10.4 Å². The van der Waals surface area contributed by atoms with Crippen LogP contribution in [0.1, 0.15) is 49.8 Å². The molecule has 1 amide bonds. The van der Waals surface area contributed by atoms with Crippen LogP contribution in [0.15, 0.2) is 6.07 Å². The van der Waals surface area contributed by atoms with E-state index in [9.17, 15) is 9.59 Å². The molecular formula is C13H21N3O3. The van der Waals surface area contributed by atoms with Gasteiger partial charge in [-0.2, -0.15) is 5.10 Å². The second-order valence-corrected chi connectivity index (χ2v) is 5.60. The monoisotopic (exact) mass is 267 g/mol. The number of carbonyl (C=O) groups excluding carboxylic acids is 1. The minimum absolute atomic E-state index is 0.0642. The maximum atomic E-state index is 11.9. The summed E-state index contributed by atoms with van der Waals surface area (Å²) in [6.45, 7) is 7.23. The lowest BCUT2D eigenvalue weighted by Gasteiger charge is -2.18. The number of carbonyl (C=O) groups is 2. The largest absolute Gasteiger partial charge is 0.481 e. The molecule has 0 aliphatic rings. The van der Waals surface area contributed by atoms with Crippen LogP contribution in [0.25, 0.3) is 0 Å². The predicted molar refractivity (Wildman–Crippen MR) is 71.0 cm³/mol. The van der Waals surface area contributed by atoms with Gasteiger partial charge in [0, 0.05) is 19.3 Å². The standard InChI is InChI=1S/C13H21N3O3/c1-8(2)10-6-9(15-16(10)5)11(17)14-7-13(3,4)12(18)19/h6,8H,7H2,1-5H3,(H,14,17)(H,18,19). The maximum Gasteiger partial charge on any atom is 0.310 e.